The van der Waals surface area contributed by atoms with Gasteiger partial charge in [-0.2, -0.15) is 0 Å². The molecule has 0 aromatic heterocycles. The average molecular weight is 224 g/mol. The van der Waals surface area contributed by atoms with Crippen LogP contribution in [0, 0.1) is 11.8 Å². The van der Waals surface area contributed by atoms with Gasteiger partial charge in [0.2, 0.25) is 0 Å². The Balaban J connectivity index is 3.17. The van der Waals surface area contributed by atoms with Gasteiger partial charge in [0.1, 0.15) is 0 Å². The van der Waals surface area contributed by atoms with Crippen LogP contribution in [0.4, 0.5) is 0 Å². The van der Waals surface area contributed by atoms with E-state index in [0.29, 0.717) is 5.56 Å². The first-order valence-electron chi connectivity index (χ1n) is 3.94. The van der Waals surface area contributed by atoms with E-state index < -0.39 is 15.8 Å². The Kier molecular flexibility index (Phi) is 3.12. The summed E-state index contributed by atoms with van der Waals surface area (Å²) in [6.45, 7) is 0. The number of carboxylic acid groups (broad SMARTS) is 1. The minimum Gasteiger partial charge on any atom is -0.472 e. The van der Waals surface area contributed by atoms with Crippen molar-refractivity contribution < 1.29 is 18.3 Å². The zero-order valence-electron chi connectivity index (χ0n) is 7.89. The summed E-state index contributed by atoms with van der Waals surface area (Å²) in [6, 6.07) is 5.83. The van der Waals surface area contributed by atoms with Crippen LogP contribution in [-0.4, -0.2) is 25.7 Å². The topological polar surface area (TPSA) is 71.4 Å². The first kappa shape index (κ1) is 11.3. The van der Waals surface area contributed by atoms with Crippen LogP contribution < -0.4 is 0 Å². The Hall–Kier alpha value is -1.80. The summed E-state index contributed by atoms with van der Waals surface area (Å²) in [5.41, 5.74) is 0.361. The fourth-order valence-electron chi connectivity index (χ4n) is 0.930. The first-order chi connectivity index (χ1) is 6.89. The van der Waals surface area contributed by atoms with Gasteiger partial charge < -0.3 is 5.11 Å². The first-order valence-corrected chi connectivity index (χ1v) is 5.84. The van der Waals surface area contributed by atoms with E-state index in [1.165, 1.54) is 18.2 Å². The van der Waals surface area contributed by atoms with Crippen molar-refractivity contribution >= 4 is 15.8 Å². The molecule has 0 aliphatic rings. The lowest BCUT2D eigenvalue weighted by atomic mass is 10.2. The molecule has 0 unspecified atom stereocenters. The van der Waals surface area contributed by atoms with Crippen molar-refractivity contribution in [2.75, 3.05) is 6.26 Å². The molecule has 1 N–H and O–H groups in total. The predicted octanol–water partition coefficient (Wildman–Crippen LogP) is 0.526. The Bertz CT molecular complexity index is 546. The Morgan fingerprint density at radius 1 is 1.40 bits per heavy atom. The van der Waals surface area contributed by atoms with Crippen molar-refractivity contribution in [2.45, 2.75) is 4.90 Å². The molecule has 4 nitrogen and oxygen atoms in total. The number of carbonyl (C=O) groups is 1. The predicted molar refractivity (Wildman–Crippen MR) is 54.1 cm³/mol. The SMILES string of the molecule is CS(=O)(=O)c1cccc(C#CC(=O)O)c1. The molecule has 1 aromatic carbocycles. The van der Waals surface area contributed by atoms with Crippen LogP contribution in [0.2, 0.25) is 0 Å². The summed E-state index contributed by atoms with van der Waals surface area (Å²) < 4.78 is 22.3. The van der Waals surface area contributed by atoms with Gasteiger partial charge in [-0.05, 0) is 18.2 Å². The van der Waals surface area contributed by atoms with Gasteiger partial charge in [-0.15, -0.1) is 0 Å². The molecule has 0 radical (unpaired) electrons. The summed E-state index contributed by atoms with van der Waals surface area (Å²) in [5, 5.41) is 8.31. The van der Waals surface area contributed by atoms with Crippen LogP contribution in [0.25, 0.3) is 0 Å². The molecule has 1 rings (SSSR count). The number of sulfone groups is 1. The second-order valence-corrected chi connectivity index (χ2v) is 4.87. The van der Waals surface area contributed by atoms with E-state index in [1.807, 2.05) is 5.92 Å². The van der Waals surface area contributed by atoms with Crippen LogP contribution in [0.1, 0.15) is 5.56 Å². The number of carboxylic acids is 1. The maximum Gasteiger partial charge on any atom is 0.382 e. The van der Waals surface area contributed by atoms with Crippen molar-refractivity contribution in [1.29, 1.82) is 0 Å². The molecular formula is C10H8O4S. The molecule has 0 amide bonds. The lowest BCUT2D eigenvalue weighted by molar-refractivity contribution is -0.130. The van der Waals surface area contributed by atoms with Crippen molar-refractivity contribution in [3.8, 4) is 11.8 Å². The molecule has 0 fully saturated rings. The molecule has 0 aliphatic carbocycles. The zero-order chi connectivity index (χ0) is 11.5. The van der Waals surface area contributed by atoms with E-state index in [4.69, 9.17) is 5.11 Å². The van der Waals surface area contributed by atoms with E-state index >= 15 is 0 Å². The quantitative estimate of drug-likeness (QED) is 0.706. The second-order valence-electron chi connectivity index (χ2n) is 2.86. The van der Waals surface area contributed by atoms with Gasteiger partial charge in [0.25, 0.3) is 0 Å². The van der Waals surface area contributed by atoms with E-state index in [-0.39, 0.29) is 4.90 Å². The van der Waals surface area contributed by atoms with Gasteiger partial charge in [0, 0.05) is 17.7 Å². The molecular weight excluding hydrogens is 216 g/mol. The Morgan fingerprint density at radius 2 is 2.07 bits per heavy atom. The molecule has 15 heavy (non-hydrogen) atoms. The molecule has 0 saturated heterocycles. The smallest absolute Gasteiger partial charge is 0.382 e. The molecule has 1 aromatic rings. The third kappa shape index (κ3) is 3.44. The minimum atomic E-state index is -3.28. The summed E-state index contributed by atoms with van der Waals surface area (Å²) >= 11 is 0. The summed E-state index contributed by atoms with van der Waals surface area (Å²) in [6.07, 6.45) is 1.08. The van der Waals surface area contributed by atoms with Gasteiger partial charge in [-0.3, -0.25) is 0 Å². The third-order valence-electron chi connectivity index (χ3n) is 1.58. The second kappa shape index (κ2) is 4.15. The van der Waals surface area contributed by atoms with E-state index in [2.05, 4.69) is 5.92 Å². The van der Waals surface area contributed by atoms with Gasteiger partial charge in [-0.25, -0.2) is 13.2 Å². The summed E-state index contributed by atoms with van der Waals surface area (Å²) in [5.74, 6) is 3.00. The monoisotopic (exact) mass is 224 g/mol. The van der Waals surface area contributed by atoms with Gasteiger partial charge in [0.15, 0.2) is 9.84 Å². The van der Waals surface area contributed by atoms with Crippen LogP contribution in [0.5, 0.6) is 0 Å². The van der Waals surface area contributed by atoms with Crippen molar-refractivity contribution in [3.05, 3.63) is 29.8 Å². The molecule has 5 heteroatoms. The van der Waals surface area contributed by atoms with E-state index in [0.717, 1.165) is 6.26 Å². The van der Waals surface area contributed by atoms with Crippen molar-refractivity contribution in [1.82, 2.24) is 0 Å². The Labute approximate surface area is 87.5 Å². The van der Waals surface area contributed by atoms with Gasteiger partial charge in [0.05, 0.1) is 4.90 Å². The lowest BCUT2D eigenvalue weighted by Gasteiger charge is -1.97. The van der Waals surface area contributed by atoms with Gasteiger partial charge >= 0.3 is 5.97 Å². The highest BCUT2D eigenvalue weighted by Crippen LogP contribution is 2.10. The fraction of sp³-hybridized carbons (Fsp3) is 0.100. The van der Waals surface area contributed by atoms with Crippen molar-refractivity contribution in [3.63, 3.8) is 0 Å². The van der Waals surface area contributed by atoms with Crippen LogP contribution in [0.3, 0.4) is 0 Å². The molecule has 0 aliphatic heterocycles. The summed E-state index contributed by atoms with van der Waals surface area (Å²) in [7, 11) is -3.28. The molecule has 0 heterocycles. The van der Waals surface area contributed by atoms with E-state index in [1.54, 1.807) is 6.07 Å². The number of benzene rings is 1. The zero-order valence-corrected chi connectivity index (χ0v) is 8.71. The number of rotatable bonds is 1. The van der Waals surface area contributed by atoms with Crippen LogP contribution in [0.15, 0.2) is 29.2 Å². The molecule has 78 valence electrons. The number of hydrogen-bond acceptors (Lipinski definition) is 3. The van der Waals surface area contributed by atoms with Gasteiger partial charge in [-0.1, -0.05) is 12.0 Å². The summed E-state index contributed by atoms with van der Waals surface area (Å²) in [4.78, 5) is 10.3. The maximum absolute atomic E-state index is 11.2. The van der Waals surface area contributed by atoms with Crippen molar-refractivity contribution in [2.24, 2.45) is 0 Å². The molecule has 0 saturated carbocycles. The third-order valence-corrected chi connectivity index (χ3v) is 2.69. The highest BCUT2D eigenvalue weighted by atomic mass is 32.2. The van der Waals surface area contributed by atoms with E-state index in [9.17, 15) is 13.2 Å². The minimum absolute atomic E-state index is 0.125. The molecule has 0 spiro atoms. The normalized spacial score (nSPS) is 10.2. The highest BCUT2D eigenvalue weighted by Gasteiger charge is 2.06. The largest absolute Gasteiger partial charge is 0.472 e. The molecule has 0 bridgehead atoms. The Morgan fingerprint density at radius 3 is 2.60 bits per heavy atom. The highest BCUT2D eigenvalue weighted by molar-refractivity contribution is 7.90. The maximum atomic E-state index is 11.2. The van der Waals surface area contributed by atoms with Crippen LogP contribution >= 0.6 is 0 Å². The number of hydrogen-bond donors (Lipinski definition) is 1. The molecule has 0 atom stereocenters. The van der Waals surface area contributed by atoms with Crippen LogP contribution in [-0.2, 0) is 14.6 Å². The number of aliphatic carboxylic acids is 1. The lowest BCUT2D eigenvalue weighted by Crippen LogP contribution is -1.97. The average Bonchev–Trinajstić information content (AvgIpc) is 2.14. The standard InChI is InChI=1S/C10H8O4S/c1-15(13,14)9-4-2-3-8(7-9)5-6-10(11)12/h2-4,7H,1H3,(H,11,12). The fourth-order valence-corrected chi connectivity index (χ4v) is 1.60.